The largest absolute Gasteiger partial charge is 0.493 e. The van der Waals surface area contributed by atoms with Crippen molar-refractivity contribution in [3.8, 4) is 11.5 Å². The highest BCUT2D eigenvalue weighted by Crippen LogP contribution is 2.25. The topological polar surface area (TPSA) is 67.9 Å². The summed E-state index contributed by atoms with van der Waals surface area (Å²) in [7, 11) is 1.52. The smallest absolute Gasteiger partial charge is 0.261 e. The molecule has 0 heterocycles. The highest BCUT2D eigenvalue weighted by atomic mass is 19.1. The predicted molar refractivity (Wildman–Crippen MR) is 108 cm³/mol. The van der Waals surface area contributed by atoms with E-state index in [2.05, 4.69) is 5.32 Å². The maximum Gasteiger partial charge on any atom is 0.261 e. The van der Waals surface area contributed by atoms with Gasteiger partial charge in [-0.1, -0.05) is 31.2 Å². The van der Waals surface area contributed by atoms with Crippen LogP contribution in [0.2, 0.25) is 0 Å². The number of hydrogen-bond acceptors (Lipinski definition) is 4. The zero-order valence-corrected chi connectivity index (χ0v) is 17.0. The van der Waals surface area contributed by atoms with E-state index in [4.69, 9.17) is 9.47 Å². The van der Waals surface area contributed by atoms with Crippen LogP contribution in [0.4, 0.5) is 4.39 Å². The Morgan fingerprint density at radius 2 is 1.76 bits per heavy atom. The van der Waals surface area contributed by atoms with Crippen LogP contribution in [0.5, 0.6) is 11.5 Å². The molecule has 0 radical (unpaired) electrons. The van der Waals surface area contributed by atoms with Crippen molar-refractivity contribution in [1.82, 2.24) is 10.2 Å². The second kappa shape index (κ2) is 11.0. The minimum Gasteiger partial charge on any atom is -0.493 e. The predicted octanol–water partition coefficient (Wildman–Crippen LogP) is 3.16. The first-order chi connectivity index (χ1) is 14.0. The van der Waals surface area contributed by atoms with Crippen LogP contribution >= 0.6 is 0 Å². The van der Waals surface area contributed by atoms with Crippen molar-refractivity contribution in [2.45, 2.75) is 32.9 Å². The van der Waals surface area contributed by atoms with Crippen LogP contribution in [0.25, 0.3) is 0 Å². The fourth-order valence-corrected chi connectivity index (χ4v) is 2.73. The lowest BCUT2D eigenvalue weighted by Crippen LogP contribution is -2.49. The van der Waals surface area contributed by atoms with E-state index in [0.29, 0.717) is 23.6 Å². The van der Waals surface area contributed by atoms with Crippen LogP contribution in [0, 0.1) is 5.82 Å². The van der Waals surface area contributed by atoms with Crippen LogP contribution in [-0.2, 0) is 16.1 Å². The van der Waals surface area contributed by atoms with Gasteiger partial charge in [-0.25, -0.2) is 4.39 Å². The van der Waals surface area contributed by atoms with Crippen molar-refractivity contribution < 1.29 is 23.5 Å². The number of carbonyl (C=O) groups is 2. The number of amides is 2. The fraction of sp³-hybridized carbons (Fsp3) is 0.364. The molecule has 0 saturated carbocycles. The van der Waals surface area contributed by atoms with E-state index >= 15 is 0 Å². The molecule has 0 fully saturated rings. The van der Waals surface area contributed by atoms with Gasteiger partial charge in [0.05, 0.1) is 7.11 Å². The highest BCUT2D eigenvalue weighted by molar-refractivity contribution is 5.88. The number of ether oxygens (including phenoxy) is 2. The standard InChI is InChI=1S/C22H27FN2O4/c1-4-13-24-22(27)16(2)25(14-17-9-11-18(23)12-10-17)21(26)15-29-20-8-6-5-7-19(20)28-3/h5-12,16H,4,13-15H2,1-3H3,(H,24,27). The Morgan fingerprint density at radius 1 is 1.10 bits per heavy atom. The van der Waals surface area contributed by atoms with Gasteiger partial charge in [-0.2, -0.15) is 0 Å². The van der Waals surface area contributed by atoms with Crippen molar-refractivity contribution in [2.24, 2.45) is 0 Å². The SMILES string of the molecule is CCCNC(=O)C(C)N(Cc1ccc(F)cc1)C(=O)COc1ccccc1OC. The minimum atomic E-state index is -0.708. The van der Waals surface area contributed by atoms with E-state index in [1.165, 1.54) is 24.1 Å². The molecule has 1 unspecified atom stereocenters. The normalized spacial score (nSPS) is 11.4. The van der Waals surface area contributed by atoms with E-state index in [9.17, 15) is 14.0 Å². The molecule has 1 N–H and O–H groups in total. The molecule has 2 aromatic carbocycles. The summed E-state index contributed by atoms with van der Waals surface area (Å²) >= 11 is 0. The van der Waals surface area contributed by atoms with Crippen molar-refractivity contribution in [3.63, 3.8) is 0 Å². The van der Waals surface area contributed by atoms with Gasteiger partial charge in [-0.15, -0.1) is 0 Å². The van der Waals surface area contributed by atoms with Crippen molar-refractivity contribution in [3.05, 3.63) is 59.9 Å². The summed E-state index contributed by atoms with van der Waals surface area (Å²) in [6, 6.07) is 12.1. The molecule has 1 atom stereocenters. The van der Waals surface area contributed by atoms with Crippen molar-refractivity contribution >= 4 is 11.8 Å². The summed E-state index contributed by atoms with van der Waals surface area (Å²) in [5.74, 6) is -0.0221. The van der Waals surface area contributed by atoms with E-state index in [0.717, 1.165) is 6.42 Å². The first-order valence-electron chi connectivity index (χ1n) is 9.53. The molecule has 0 saturated heterocycles. The molecule has 0 aliphatic carbocycles. The Hall–Kier alpha value is -3.09. The van der Waals surface area contributed by atoms with E-state index in [1.54, 1.807) is 43.3 Å². The van der Waals surface area contributed by atoms with Gasteiger partial charge < -0.3 is 19.7 Å². The van der Waals surface area contributed by atoms with Gasteiger partial charge in [0.1, 0.15) is 11.9 Å². The first kappa shape index (κ1) is 22.2. The molecule has 2 aromatic rings. The molecule has 0 aliphatic rings. The maximum absolute atomic E-state index is 13.2. The Morgan fingerprint density at radius 3 is 2.38 bits per heavy atom. The maximum atomic E-state index is 13.2. The molecular weight excluding hydrogens is 375 g/mol. The Kier molecular flexibility index (Phi) is 8.45. The minimum absolute atomic E-state index is 0.162. The number of halogens is 1. The number of benzene rings is 2. The van der Waals surface area contributed by atoms with Crippen molar-refractivity contribution in [1.29, 1.82) is 0 Å². The summed E-state index contributed by atoms with van der Waals surface area (Å²) in [5, 5.41) is 2.80. The molecule has 2 amide bonds. The first-order valence-corrected chi connectivity index (χ1v) is 9.53. The van der Waals surface area contributed by atoms with Crippen LogP contribution in [-0.4, -0.2) is 43.0 Å². The van der Waals surface area contributed by atoms with Gasteiger partial charge in [0.25, 0.3) is 5.91 Å². The molecule has 0 bridgehead atoms. The molecule has 0 aliphatic heterocycles. The lowest BCUT2D eigenvalue weighted by Gasteiger charge is -2.28. The lowest BCUT2D eigenvalue weighted by atomic mass is 10.1. The zero-order chi connectivity index (χ0) is 21.2. The fourth-order valence-electron chi connectivity index (χ4n) is 2.73. The third kappa shape index (κ3) is 6.48. The number of nitrogens with zero attached hydrogens (tertiary/aromatic N) is 1. The second-order valence-electron chi connectivity index (χ2n) is 6.55. The van der Waals surface area contributed by atoms with Gasteiger partial charge >= 0.3 is 0 Å². The monoisotopic (exact) mass is 402 g/mol. The summed E-state index contributed by atoms with van der Waals surface area (Å²) in [6.07, 6.45) is 0.793. The molecule has 0 aromatic heterocycles. The average Bonchev–Trinajstić information content (AvgIpc) is 2.75. The third-order valence-electron chi connectivity index (χ3n) is 4.40. The van der Waals surface area contributed by atoms with Crippen LogP contribution in [0.3, 0.4) is 0 Å². The van der Waals surface area contributed by atoms with E-state index in [1.807, 2.05) is 6.92 Å². The Bertz CT molecular complexity index is 811. The van der Waals surface area contributed by atoms with Gasteiger partial charge in [-0.3, -0.25) is 9.59 Å². The van der Waals surface area contributed by atoms with Crippen LogP contribution < -0.4 is 14.8 Å². The number of nitrogens with one attached hydrogen (secondary N) is 1. The summed E-state index contributed by atoms with van der Waals surface area (Å²) in [4.78, 5) is 26.8. The number of carbonyl (C=O) groups excluding carboxylic acids is 2. The summed E-state index contributed by atoms with van der Waals surface area (Å²) in [6.45, 7) is 4.05. The summed E-state index contributed by atoms with van der Waals surface area (Å²) < 4.78 is 24.1. The highest BCUT2D eigenvalue weighted by Gasteiger charge is 2.26. The third-order valence-corrected chi connectivity index (χ3v) is 4.40. The molecular formula is C22H27FN2O4. The molecule has 7 heteroatoms. The Balaban J connectivity index is 2.14. The van der Waals surface area contributed by atoms with Gasteiger partial charge in [0.15, 0.2) is 18.1 Å². The molecule has 29 heavy (non-hydrogen) atoms. The average molecular weight is 402 g/mol. The molecule has 2 rings (SSSR count). The van der Waals surface area contributed by atoms with E-state index < -0.39 is 6.04 Å². The number of para-hydroxylation sites is 2. The quantitative estimate of drug-likeness (QED) is 0.663. The molecule has 0 spiro atoms. The van der Waals surface area contributed by atoms with Gasteiger partial charge in [0, 0.05) is 13.1 Å². The Labute approximate surface area is 170 Å². The number of methoxy groups -OCH3 is 1. The number of hydrogen-bond donors (Lipinski definition) is 1. The van der Waals surface area contributed by atoms with Crippen molar-refractivity contribution in [2.75, 3.05) is 20.3 Å². The zero-order valence-electron chi connectivity index (χ0n) is 17.0. The molecule has 6 nitrogen and oxygen atoms in total. The van der Waals surface area contributed by atoms with Gasteiger partial charge in [0.2, 0.25) is 5.91 Å². The lowest BCUT2D eigenvalue weighted by molar-refractivity contribution is -0.142. The molecule has 156 valence electrons. The second-order valence-corrected chi connectivity index (χ2v) is 6.55. The van der Waals surface area contributed by atoms with E-state index in [-0.39, 0.29) is 30.8 Å². The van der Waals surface area contributed by atoms with Crippen LogP contribution in [0.1, 0.15) is 25.8 Å². The van der Waals surface area contributed by atoms with Gasteiger partial charge in [-0.05, 0) is 43.2 Å². The summed E-state index contributed by atoms with van der Waals surface area (Å²) in [5.41, 5.74) is 0.715. The number of rotatable bonds is 10. The van der Waals surface area contributed by atoms with Crippen LogP contribution in [0.15, 0.2) is 48.5 Å².